The molecule has 2 atom stereocenters. The number of hydrogen-bond donors (Lipinski definition) is 2. The van der Waals surface area contributed by atoms with Gasteiger partial charge >= 0.3 is 0 Å². The molecule has 0 spiro atoms. The van der Waals surface area contributed by atoms with Crippen LogP contribution >= 0.6 is 0 Å². The fraction of sp³-hybridized carbons (Fsp3) is 0.909. The van der Waals surface area contributed by atoms with Gasteiger partial charge < -0.3 is 20.6 Å². The molecule has 0 aromatic carbocycles. The molecular formula is C11H23N3O2. The van der Waals surface area contributed by atoms with E-state index in [0.29, 0.717) is 5.92 Å². The lowest BCUT2D eigenvalue weighted by atomic mass is 10.0. The van der Waals surface area contributed by atoms with Crippen LogP contribution in [0.2, 0.25) is 0 Å². The van der Waals surface area contributed by atoms with Crippen LogP contribution in [0.1, 0.15) is 12.8 Å². The molecular weight excluding hydrogens is 206 g/mol. The van der Waals surface area contributed by atoms with Gasteiger partial charge in [-0.2, -0.15) is 0 Å². The Morgan fingerprint density at radius 3 is 2.88 bits per heavy atom. The Balaban J connectivity index is 2.24. The van der Waals surface area contributed by atoms with E-state index in [2.05, 4.69) is 11.9 Å². The monoisotopic (exact) mass is 229 g/mol. The van der Waals surface area contributed by atoms with Crippen LogP contribution in [-0.2, 0) is 4.79 Å². The highest BCUT2D eigenvalue weighted by atomic mass is 16.3. The van der Waals surface area contributed by atoms with Crippen LogP contribution in [0.4, 0.5) is 0 Å². The molecule has 1 heterocycles. The fourth-order valence-electron chi connectivity index (χ4n) is 2.11. The minimum absolute atomic E-state index is 0.172. The Kier molecular flexibility index (Phi) is 5.18. The summed E-state index contributed by atoms with van der Waals surface area (Å²) in [6.07, 6.45) is 2.23. The van der Waals surface area contributed by atoms with Gasteiger partial charge in [-0.25, -0.2) is 0 Å². The maximum absolute atomic E-state index is 11.6. The number of amides is 1. The molecule has 5 heteroatoms. The number of nitrogens with two attached hydrogens (primary N) is 1. The van der Waals surface area contributed by atoms with E-state index in [1.165, 1.54) is 6.42 Å². The van der Waals surface area contributed by atoms with E-state index in [4.69, 9.17) is 10.8 Å². The predicted octanol–water partition coefficient (Wildman–Crippen LogP) is -0.894. The van der Waals surface area contributed by atoms with Crippen molar-refractivity contribution in [2.24, 2.45) is 11.7 Å². The molecule has 2 unspecified atom stereocenters. The Hall–Kier alpha value is -0.650. The smallest absolute Gasteiger partial charge is 0.241 e. The van der Waals surface area contributed by atoms with Crippen LogP contribution in [0.3, 0.4) is 0 Å². The highest BCUT2D eigenvalue weighted by molar-refractivity contribution is 5.81. The molecule has 1 aliphatic heterocycles. The zero-order valence-electron chi connectivity index (χ0n) is 10.2. The third kappa shape index (κ3) is 3.73. The number of hydrogen-bond acceptors (Lipinski definition) is 4. The van der Waals surface area contributed by atoms with Crippen LogP contribution in [0.25, 0.3) is 0 Å². The van der Waals surface area contributed by atoms with Crippen molar-refractivity contribution in [1.82, 2.24) is 9.80 Å². The Labute approximate surface area is 97.2 Å². The SMILES string of the molecule is CN1CCC(CCN(C)C(=O)C(N)CO)C1. The van der Waals surface area contributed by atoms with E-state index < -0.39 is 6.04 Å². The van der Waals surface area contributed by atoms with E-state index in [0.717, 1.165) is 26.1 Å². The lowest BCUT2D eigenvalue weighted by Crippen LogP contribution is -2.44. The average Bonchev–Trinajstić information content (AvgIpc) is 2.69. The first-order valence-corrected chi connectivity index (χ1v) is 5.84. The lowest BCUT2D eigenvalue weighted by molar-refractivity contribution is -0.132. The summed E-state index contributed by atoms with van der Waals surface area (Å²) in [4.78, 5) is 15.5. The van der Waals surface area contributed by atoms with Crippen molar-refractivity contribution in [3.05, 3.63) is 0 Å². The number of carbonyl (C=O) groups excluding carboxylic acids is 1. The lowest BCUT2D eigenvalue weighted by Gasteiger charge is -2.21. The summed E-state index contributed by atoms with van der Waals surface area (Å²) < 4.78 is 0. The van der Waals surface area contributed by atoms with E-state index in [9.17, 15) is 4.79 Å². The number of likely N-dealkylation sites (tertiary alicyclic amines) is 1. The fourth-order valence-corrected chi connectivity index (χ4v) is 2.11. The number of nitrogens with zero attached hydrogens (tertiary/aromatic N) is 2. The topological polar surface area (TPSA) is 69.8 Å². The van der Waals surface area contributed by atoms with Crippen molar-refractivity contribution in [3.63, 3.8) is 0 Å². The molecule has 1 amide bonds. The largest absolute Gasteiger partial charge is 0.394 e. The molecule has 0 aromatic heterocycles. The van der Waals surface area contributed by atoms with Crippen molar-refractivity contribution < 1.29 is 9.90 Å². The summed E-state index contributed by atoms with van der Waals surface area (Å²) in [6.45, 7) is 2.72. The van der Waals surface area contributed by atoms with Crippen LogP contribution in [0.15, 0.2) is 0 Å². The number of aliphatic hydroxyl groups excluding tert-OH is 1. The van der Waals surface area contributed by atoms with Gasteiger partial charge in [0.05, 0.1) is 6.61 Å². The van der Waals surface area contributed by atoms with Gasteiger partial charge in [0.1, 0.15) is 6.04 Å². The third-order valence-corrected chi connectivity index (χ3v) is 3.25. The van der Waals surface area contributed by atoms with Gasteiger partial charge in [-0.3, -0.25) is 4.79 Å². The first-order chi connectivity index (χ1) is 7.54. The molecule has 0 radical (unpaired) electrons. The summed E-state index contributed by atoms with van der Waals surface area (Å²) in [5, 5.41) is 8.79. The average molecular weight is 229 g/mol. The van der Waals surface area contributed by atoms with Crippen molar-refractivity contribution in [2.45, 2.75) is 18.9 Å². The number of rotatable bonds is 5. The van der Waals surface area contributed by atoms with Crippen molar-refractivity contribution in [1.29, 1.82) is 0 Å². The maximum atomic E-state index is 11.6. The standard InChI is InChI=1S/C11H23N3O2/c1-13-5-3-9(7-13)4-6-14(2)11(16)10(12)8-15/h9-10,15H,3-8,12H2,1-2H3. The normalized spacial score (nSPS) is 23.4. The first-order valence-electron chi connectivity index (χ1n) is 5.84. The van der Waals surface area contributed by atoms with Gasteiger partial charge in [-0.1, -0.05) is 0 Å². The van der Waals surface area contributed by atoms with Crippen molar-refractivity contribution in [2.75, 3.05) is 40.3 Å². The second-order valence-corrected chi connectivity index (χ2v) is 4.75. The molecule has 1 aliphatic rings. The molecule has 0 saturated carbocycles. The number of carbonyl (C=O) groups is 1. The molecule has 0 aliphatic carbocycles. The van der Waals surface area contributed by atoms with Gasteiger partial charge in [0.25, 0.3) is 0 Å². The number of aliphatic hydroxyl groups is 1. The maximum Gasteiger partial charge on any atom is 0.241 e. The molecule has 94 valence electrons. The minimum atomic E-state index is -0.767. The zero-order valence-corrected chi connectivity index (χ0v) is 10.2. The number of likely N-dealkylation sites (N-methyl/N-ethyl adjacent to an activating group) is 1. The summed E-state index contributed by atoms with van der Waals surface area (Å²) in [5.74, 6) is 0.513. The van der Waals surface area contributed by atoms with Gasteiger partial charge in [0.2, 0.25) is 5.91 Å². The van der Waals surface area contributed by atoms with Gasteiger partial charge in [0, 0.05) is 20.1 Å². The highest BCUT2D eigenvalue weighted by Crippen LogP contribution is 2.17. The summed E-state index contributed by atoms with van der Waals surface area (Å²) in [6, 6.07) is -0.767. The Morgan fingerprint density at radius 2 is 2.38 bits per heavy atom. The third-order valence-electron chi connectivity index (χ3n) is 3.25. The molecule has 1 rings (SSSR count). The van der Waals surface area contributed by atoms with E-state index in [1.807, 2.05) is 0 Å². The van der Waals surface area contributed by atoms with E-state index in [-0.39, 0.29) is 12.5 Å². The minimum Gasteiger partial charge on any atom is -0.394 e. The molecule has 5 nitrogen and oxygen atoms in total. The summed E-state index contributed by atoms with van der Waals surface area (Å²) in [7, 11) is 3.87. The second-order valence-electron chi connectivity index (χ2n) is 4.75. The first kappa shape index (κ1) is 13.4. The van der Waals surface area contributed by atoms with Crippen molar-refractivity contribution >= 4 is 5.91 Å². The van der Waals surface area contributed by atoms with Crippen LogP contribution in [0, 0.1) is 5.92 Å². The van der Waals surface area contributed by atoms with E-state index >= 15 is 0 Å². The zero-order chi connectivity index (χ0) is 12.1. The molecule has 1 fully saturated rings. The molecule has 16 heavy (non-hydrogen) atoms. The van der Waals surface area contributed by atoms with Crippen LogP contribution < -0.4 is 5.73 Å². The van der Waals surface area contributed by atoms with Crippen LogP contribution in [-0.4, -0.2) is 67.2 Å². The predicted molar refractivity (Wildman–Crippen MR) is 62.9 cm³/mol. The molecule has 3 N–H and O–H groups in total. The van der Waals surface area contributed by atoms with Gasteiger partial charge in [0.15, 0.2) is 0 Å². The quantitative estimate of drug-likeness (QED) is 0.641. The van der Waals surface area contributed by atoms with Crippen LogP contribution in [0.5, 0.6) is 0 Å². The van der Waals surface area contributed by atoms with E-state index in [1.54, 1.807) is 11.9 Å². The van der Waals surface area contributed by atoms with Crippen molar-refractivity contribution in [3.8, 4) is 0 Å². The second kappa shape index (κ2) is 6.18. The van der Waals surface area contributed by atoms with Gasteiger partial charge in [-0.15, -0.1) is 0 Å². The summed E-state index contributed by atoms with van der Waals surface area (Å²) >= 11 is 0. The molecule has 0 aromatic rings. The highest BCUT2D eigenvalue weighted by Gasteiger charge is 2.22. The molecule has 0 bridgehead atoms. The Morgan fingerprint density at radius 1 is 1.69 bits per heavy atom. The summed E-state index contributed by atoms with van der Waals surface area (Å²) in [5.41, 5.74) is 5.47. The van der Waals surface area contributed by atoms with Gasteiger partial charge in [-0.05, 0) is 32.4 Å². The Bertz CT molecular complexity index is 235. The molecule has 1 saturated heterocycles.